The Bertz CT molecular complexity index is 482. The lowest BCUT2D eigenvalue weighted by atomic mass is 10.2. The number of nitrogens with one attached hydrogen (secondary N) is 2. The monoisotopic (exact) mass is 355 g/mol. The third kappa shape index (κ3) is 4.98. The summed E-state index contributed by atoms with van der Waals surface area (Å²) in [7, 11) is 1.70. The number of amides is 1. The van der Waals surface area contributed by atoms with E-state index in [0.717, 1.165) is 36.3 Å². The van der Waals surface area contributed by atoms with Gasteiger partial charge in [0.15, 0.2) is 0 Å². The fraction of sp³-hybridized carbons (Fsp3) is 0.533. The number of methoxy groups -OCH3 is 1. The Morgan fingerprint density at radius 3 is 3.05 bits per heavy atom. The predicted octanol–water partition coefficient (Wildman–Crippen LogP) is 1.51. The molecule has 1 fully saturated rings. The van der Waals surface area contributed by atoms with E-state index in [9.17, 15) is 4.79 Å². The first-order valence-corrected chi connectivity index (χ1v) is 7.99. The summed E-state index contributed by atoms with van der Waals surface area (Å²) in [5, 5.41) is 6.23. The largest absolute Gasteiger partial charge is 0.383 e. The van der Waals surface area contributed by atoms with Crippen molar-refractivity contribution in [3.8, 4) is 0 Å². The molecule has 0 bridgehead atoms. The minimum Gasteiger partial charge on any atom is -0.383 e. The van der Waals surface area contributed by atoms with Crippen molar-refractivity contribution < 1.29 is 9.53 Å². The Morgan fingerprint density at radius 2 is 2.29 bits per heavy atom. The highest BCUT2D eigenvalue weighted by Gasteiger charge is 2.15. The zero-order valence-electron chi connectivity index (χ0n) is 12.3. The molecular formula is C15H22BrN3O2. The van der Waals surface area contributed by atoms with E-state index in [2.05, 4.69) is 49.7 Å². The molecule has 2 rings (SSSR count). The summed E-state index contributed by atoms with van der Waals surface area (Å²) in [6.07, 6.45) is 0.548. The lowest BCUT2D eigenvalue weighted by Gasteiger charge is -2.23. The van der Waals surface area contributed by atoms with Gasteiger partial charge in [-0.1, -0.05) is 6.07 Å². The number of rotatable bonds is 6. The number of benzene rings is 1. The molecule has 1 heterocycles. The zero-order chi connectivity index (χ0) is 15.1. The Kier molecular flexibility index (Phi) is 6.48. The maximum absolute atomic E-state index is 11.4. The van der Waals surface area contributed by atoms with Crippen LogP contribution in [0.4, 0.5) is 5.69 Å². The molecule has 0 unspecified atom stereocenters. The molecule has 1 amide bonds. The molecule has 1 aromatic rings. The first-order valence-electron chi connectivity index (χ1n) is 7.20. The van der Waals surface area contributed by atoms with E-state index >= 15 is 0 Å². The highest BCUT2D eigenvalue weighted by atomic mass is 79.9. The highest BCUT2D eigenvalue weighted by molar-refractivity contribution is 9.10. The molecule has 116 valence electrons. The molecule has 2 N–H and O–H groups in total. The molecule has 1 saturated heterocycles. The van der Waals surface area contributed by atoms with Crippen LogP contribution in [0.1, 0.15) is 12.0 Å². The summed E-state index contributed by atoms with van der Waals surface area (Å²) in [5.74, 6) is 0.132. The number of hydrogen-bond acceptors (Lipinski definition) is 4. The van der Waals surface area contributed by atoms with Gasteiger partial charge in [-0.3, -0.25) is 4.79 Å². The summed E-state index contributed by atoms with van der Waals surface area (Å²) in [6.45, 7) is 4.68. The quantitative estimate of drug-likeness (QED) is 0.759. The van der Waals surface area contributed by atoms with Crippen LogP contribution < -0.4 is 15.5 Å². The molecule has 0 radical (unpaired) electrons. The van der Waals surface area contributed by atoms with Gasteiger partial charge in [0.1, 0.15) is 0 Å². The molecule has 0 aromatic heterocycles. The number of nitrogens with zero attached hydrogens (tertiary/aromatic N) is 1. The Morgan fingerprint density at radius 1 is 1.43 bits per heavy atom. The van der Waals surface area contributed by atoms with Gasteiger partial charge in [-0.05, 0) is 33.6 Å². The summed E-state index contributed by atoms with van der Waals surface area (Å²) in [6, 6.07) is 6.38. The van der Waals surface area contributed by atoms with Crippen LogP contribution in [-0.2, 0) is 16.1 Å². The molecule has 0 saturated carbocycles. The number of ether oxygens (including phenoxy) is 1. The van der Waals surface area contributed by atoms with Crippen molar-refractivity contribution in [2.24, 2.45) is 0 Å². The van der Waals surface area contributed by atoms with Gasteiger partial charge in [-0.15, -0.1) is 0 Å². The summed E-state index contributed by atoms with van der Waals surface area (Å²) >= 11 is 3.65. The zero-order valence-corrected chi connectivity index (χ0v) is 13.9. The van der Waals surface area contributed by atoms with E-state index in [1.807, 2.05) is 0 Å². The van der Waals surface area contributed by atoms with Gasteiger partial charge >= 0.3 is 0 Å². The average Bonchev–Trinajstić information content (AvgIpc) is 2.69. The van der Waals surface area contributed by atoms with Gasteiger partial charge in [0.05, 0.1) is 12.3 Å². The fourth-order valence-electron chi connectivity index (χ4n) is 2.33. The first-order chi connectivity index (χ1) is 10.2. The Hall–Kier alpha value is -1.11. The molecule has 1 aliphatic heterocycles. The predicted molar refractivity (Wildman–Crippen MR) is 87.6 cm³/mol. The molecule has 21 heavy (non-hydrogen) atoms. The van der Waals surface area contributed by atoms with Crippen molar-refractivity contribution in [3.05, 3.63) is 28.2 Å². The molecule has 0 aliphatic carbocycles. The second-order valence-electron chi connectivity index (χ2n) is 5.04. The van der Waals surface area contributed by atoms with Gasteiger partial charge in [0, 0.05) is 50.7 Å². The van der Waals surface area contributed by atoms with Crippen LogP contribution in [0.15, 0.2) is 22.7 Å². The minimum absolute atomic E-state index is 0.132. The first kappa shape index (κ1) is 16.3. The summed E-state index contributed by atoms with van der Waals surface area (Å²) in [5.41, 5.74) is 2.37. The van der Waals surface area contributed by atoms with E-state index in [1.54, 1.807) is 7.11 Å². The van der Waals surface area contributed by atoms with Crippen molar-refractivity contribution in [3.63, 3.8) is 0 Å². The molecular weight excluding hydrogens is 334 g/mol. The fourth-order valence-corrected chi connectivity index (χ4v) is 3.01. The normalized spacial score (nSPS) is 15.7. The van der Waals surface area contributed by atoms with Gasteiger partial charge < -0.3 is 20.3 Å². The maximum atomic E-state index is 11.4. The van der Waals surface area contributed by atoms with Crippen LogP contribution in [0.2, 0.25) is 0 Å². The van der Waals surface area contributed by atoms with Crippen LogP contribution in [0.25, 0.3) is 0 Å². The lowest BCUT2D eigenvalue weighted by Crippen LogP contribution is -2.28. The molecule has 6 heteroatoms. The van der Waals surface area contributed by atoms with Gasteiger partial charge in [0.2, 0.25) is 5.91 Å². The highest BCUT2D eigenvalue weighted by Crippen LogP contribution is 2.27. The second kappa shape index (κ2) is 8.36. The molecule has 1 aromatic carbocycles. The van der Waals surface area contributed by atoms with E-state index in [-0.39, 0.29) is 5.91 Å². The maximum Gasteiger partial charge on any atom is 0.221 e. The number of anilines is 1. The van der Waals surface area contributed by atoms with Crippen LogP contribution >= 0.6 is 15.9 Å². The number of carbonyl (C=O) groups excluding carboxylic acids is 1. The van der Waals surface area contributed by atoms with Crippen molar-refractivity contribution in [1.29, 1.82) is 0 Å². The van der Waals surface area contributed by atoms with E-state index in [4.69, 9.17) is 4.74 Å². The van der Waals surface area contributed by atoms with Gasteiger partial charge in [-0.25, -0.2) is 0 Å². The van der Waals surface area contributed by atoms with Crippen LogP contribution in [0, 0.1) is 0 Å². The van der Waals surface area contributed by atoms with Crippen molar-refractivity contribution in [2.75, 3.05) is 44.8 Å². The van der Waals surface area contributed by atoms with Crippen molar-refractivity contribution >= 4 is 27.5 Å². The van der Waals surface area contributed by atoms with Gasteiger partial charge in [-0.2, -0.15) is 0 Å². The minimum atomic E-state index is 0.132. The SMILES string of the molecule is COCCNCc1ccc(N2CCNC(=O)CC2)c(Br)c1. The molecule has 5 nitrogen and oxygen atoms in total. The smallest absolute Gasteiger partial charge is 0.221 e. The summed E-state index contributed by atoms with van der Waals surface area (Å²) < 4.78 is 6.08. The topological polar surface area (TPSA) is 53.6 Å². The van der Waals surface area contributed by atoms with Crippen molar-refractivity contribution in [1.82, 2.24) is 10.6 Å². The number of hydrogen-bond donors (Lipinski definition) is 2. The van der Waals surface area contributed by atoms with E-state index in [1.165, 1.54) is 5.56 Å². The molecule has 1 aliphatic rings. The van der Waals surface area contributed by atoms with E-state index < -0.39 is 0 Å². The average molecular weight is 356 g/mol. The van der Waals surface area contributed by atoms with Crippen LogP contribution in [0.5, 0.6) is 0 Å². The summed E-state index contributed by atoms with van der Waals surface area (Å²) in [4.78, 5) is 13.6. The third-order valence-electron chi connectivity index (χ3n) is 3.48. The Balaban J connectivity index is 1.96. The second-order valence-corrected chi connectivity index (χ2v) is 5.90. The molecule has 0 spiro atoms. The number of halogens is 1. The van der Waals surface area contributed by atoms with Crippen LogP contribution in [-0.4, -0.2) is 45.8 Å². The molecule has 0 atom stereocenters. The van der Waals surface area contributed by atoms with Crippen molar-refractivity contribution in [2.45, 2.75) is 13.0 Å². The third-order valence-corrected chi connectivity index (χ3v) is 4.11. The number of carbonyl (C=O) groups is 1. The van der Waals surface area contributed by atoms with E-state index in [0.29, 0.717) is 19.6 Å². The standard InChI is InChI=1S/C15H22BrN3O2/c1-21-9-6-17-11-12-2-3-14(13(16)10-12)19-7-4-15(20)18-5-8-19/h2-3,10,17H,4-9,11H2,1H3,(H,18,20). The lowest BCUT2D eigenvalue weighted by molar-refractivity contribution is -0.120. The van der Waals surface area contributed by atoms with Gasteiger partial charge in [0.25, 0.3) is 0 Å². The van der Waals surface area contributed by atoms with Crippen LogP contribution in [0.3, 0.4) is 0 Å². The Labute approximate surface area is 134 Å².